The van der Waals surface area contributed by atoms with Gasteiger partial charge in [-0.3, -0.25) is 4.79 Å². The van der Waals surface area contributed by atoms with Gasteiger partial charge in [0.1, 0.15) is 5.75 Å². The number of rotatable bonds is 5. The maximum atomic E-state index is 12.3. The number of allylic oxidation sites excluding steroid dienone is 1. The molecule has 24 heavy (non-hydrogen) atoms. The van der Waals surface area contributed by atoms with Crippen molar-refractivity contribution in [1.29, 1.82) is 0 Å². The summed E-state index contributed by atoms with van der Waals surface area (Å²) < 4.78 is 0. The maximum Gasteiger partial charge on any atom is 0.185 e. The molecule has 0 radical (unpaired) electrons. The summed E-state index contributed by atoms with van der Waals surface area (Å²) in [7, 11) is 0. The van der Waals surface area contributed by atoms with E-state index in [1.807, 2.05) is 36.4 Å². The van der Waals surface area contributed by atoms with Gasteiger partial charge in [0.25, 0.3) is 0 Å². The summed E-state index contributed by atoms with van der Waals surface area (Å²) in [6.45, 7) is 0. The van der Waals surface area contributed by atoms with Crippen molar-refractivity contribution in [2.24, 2.45) is 0 Å². The van der Waals surface area contributed by atoms with E-state index in [9.17, 15) is 9.90 Å². The lowest BCUT2D eigenvalue weighted by Gasteiger charge is -2.04. The molecular formula is C21H17ClO2. The largest absolute Gasteiger partial charge is 0.508 e. The number of carbonyl (C=O) groups is 1. The zero-order valence-corrected chi connectivity index (χ0v) is 13.8. The zero-order chi connectivity index (χ0) is 16.9. The SMILES string of the molecule is O=C(C=Cc1ccc2ccccc2c1)c1ccc(O)c(CCCl)c1. The number of phenols is 1. The van der Waals surface area contributed by atoms with Crippen LogP contribution in [-0.4, -0.2) is 16.8 Å². The van der Waals surface area contributed by atoms with E-state index in [-0.39, 0.29) is 11.5 Å². The predicted molar refractivity (Wildman–Crippen MR) is 99.8 cm³/mol. The van der Waals surface area contributed by atoms with Gasteiger partial charge in [0.05, 0.1) is 0 Å². The van der Waals surface area contributed by atoms with E-state index in [0.29, 0.717) is 23.4 Å². The average Bonchev–Trinajstić information content (AvgIpc) is 2.61. The van der Waals surface area contributed by atoms with E-state index in [2.05, 4.69) is 12.1 Å². The second-order valence-corrected chi connectivity index (χ2v) is 5.96. The molecule has 0 fully saturated rings. The molecule has 0 saturated heterocycles. The Bertz CT molecular complexity index is 913. The molecule has 0 aliphatic heterocycles. The summed E-state index contributed by atoms with van der Waals surface area (Å²) in [5, 5.41) is 12.1. The molecule has 1 N–H and O–H groups in total. The van der Waals surface area contributed by atoms with Crippen LogP contribution in [0.25, 0.3) is 16.8 Å². The van der Waals surface area contributed by atoms with Crippen LogP contribution in [-0.2, 0) is 6.42 Å². The number of fused-ring (bicyclic) bond motifs is 1. The molecule has 0 aromatic heterocycles. The molecule has 0 atom stereocenters. The topological polar surface area (TPSA) is 37.3 Å². The highest BCUT2D eigenvalue weighted by Crippen LogP contribution is 2.21. The van der Waals surface area contributed by atoms with Crippen molar-refractivity contribution in [2.75, 3.05) is 5.88 Å². The number of alkyl halides is 1. The molecular weight excluding hydrogens is 320 g/mol. The average molecular weight is 337 g/mol. The third-order valence-electron chi connectivity index (χ3n) is 3.93. The molecule has 0 bridgehead atoms. The van der Waals surface area contributed by atoms with Gasteiger partial charge in [-0.2, -0.15) is 0 Å². The third kappa shape index (κ3) is 3.66. The molecule has 0 spiro atoms. The van der Waals surface area contributed by atoms with Crippen molar-refractivity contribution in [3.8, 4) is 5.75 Å². The van der Waals surface area contributed by atoms with Crippen LogP contribution >= 0.6 is 11.6 Å². The van der Waals surface area contributed by atoms with Gasteiger partial charge in [0.15, 0.2) is 5.78 Å². The Morgan fingerprint density at radius 1 is 1.00 bits per heavy atom. The zero-order valence-electron chi connectivity index (χ0n) is 13.1. The number of halogens is 1. The van der Waals surface area contributed by atoms with Crippen molar-refractivity contribution < 1.29 is 9.90 Å². The predicted octanol–water partition coefficient (Wildman–Crippen LogP) is 5.22. The van der Waals surface area contributed by atoms with E-state index in [1.54, 1.807) is 24.3 Å². The molecule has 0 saturated carbocycles. The maximum absolute atomic E-state index is 12.3. The van der Waals surface area contributed by atoms with Crippen LogP contribution in [0.3, 0.4) is 0 Å². The van der Waals surface area contributed by atoms with Crippen LogP contribution in [0, 0.1) is 0 Å². The Labute approximate surface area is 146 Å². The lowest BCUT2D eigenvalue weighted by molar-refractivity contribution is 0.104. The molecule has 0 amide bonds. The summed E-state index contributed by atoms with van der Waals surface area (Å²) >= 11 is 5.72. The lowest BCUT2D eigenvalue weighted by Crippen LogP contribution is -1.97. The molecule has 3 aromatic carbocycles. The van der Waals surface area contributed by atoms with Crippen molar-refractivity contribution >= 4 is 34.2 Å². The van der Waals surface area contributed by atoms with E-state index < -0.39 is 0 Å². The highest BCUT2D eigenvalue weighted by Gasteiger charge is 2.07. The van der Waals surface area contributed by atoms with Crippen molar-refractivity contribution in [2.45, 2.75) is 6.42 Å². The second-order valence-electron chi connectivity index (χ2n) is 5.59. The third-order valence-corrected chi connectivity index (χ3v) is 4.12. The van der Waals surface area contributed by atoms with E-state index in [0.717, 1.165) is 10.9 Å². The molecule has 2 nitrogen and oxygen atoms in total. The summed E-state index contributed by atoms with van der Waals surface area (Å²) in [5.41, 5.74) is 2.21. The smallest absolute Gasteiger partial charge is 0.185 e. The summed E-state index contributed by atoms with van der Waals surface area (Å²) in [6.07, 6.45) is 3.90. The van der Waals surface area contributed by atoms with E-state index in [1.165, 1.54) is 5.39 Å². The Hall–Kier alpha value is -2.58. The first-order valence-electron chi connectivity index (χ1n) is 7.76. The first-order valence-corrected chi connectivity index (χ1v) is 8.30. The number of ketones is 1. The number of phenolic OH excluding ortho intramolecular Hbond substituents is 1. The van der Waals surface area contributed by atoms with Crippen LogP contribution in [0.2, 0.25) is 0 Å². The highest BCUT2D eigenvalue weighted by atomic mass is 35.5. The molecule has 0 aliphatic rings. The molecule has 3 aromatic rings. The van der Waals surface area contributed by atoms with Crippen LogP contribution in [0.5, 0.6) is 5.75 Å². The van der Waals surface area contributed by atoms with Gasteiger partial charge in [-0.05, 0) is 58.7 Å². The first-order chi connectivity index (χ1) is 11.7. The monoisotopic (exact) mass is 336 g/mol. The van der Waals surface area contributed by atoms with Crippen LogP contribution < -0.4 is 0 Å². The minimum Gasteiger partial charge on any atom is -0.508 e. The molecule has 3 rings (SSSR count). The summed E-state index contributed by atoms with van der Waals surface area (Å²) in [4.78, 5) is 12.3. The summed E-state index contributed by atoms with van der Waals surface area (Å²) in [5.74, 6) is 0.475. The normalized spacial score (nSPS) is 11.2. The van der Waals surface area contributed by atoms with Gasteiger partial charge in [0, 0.05) is 11.4 Å². The van der Waals surface area contributed by atoms with Gasteiger partial charge in [0.2, 0.25) is 0 Å². The number of carbonyl (C=O) groups excluding carboxylic acids is 1. The fourth-order valence-electron chi connectivity index (χ4n) is 2.62. The quantitative estimate of drug-likeness (QED) is 0.394. The lowest BCUT2D eigenvalue weighted by atomic mass is 10.0. The highest BCUT2D eigenvalue weighted by molar-refractivity contribution is 6.18. The number of hydrogen-bond donors (Lipinski definition) is 1. The van der Waals surface area contributed by atoms with Crippen molar-refractivity contribution in [1.82, 2.24) is 0 Å². The Kier molecular flexibility index (Phi) is 4.97. The van der Waals surface area contributed by atoms with Crippen molar-refractivity contribution in [3.63, 3.8) is 0 Å². The van der Waals surface area contributed by atoms with Crippen LogP contribution in [0.1, 0.15) is 21.5 Å². The molecule has 0 unspecified atom stereocenters. The van der Waals surface area contributed by atoms with Crippen LogP contribution in [0.15, 0.2) is 66.7 Å². The van der Waals surface area contributed by atoms with Gasteiger partial charge < -0.3 is 5.11 Å². The van der Waals surface area contributed by atoms with Crippen LogP contribution in [0.4, 0.5) is 0 Å². The fourth-order valence-corrected chi connectivity index (χ4v) is 2.82. The Morgan fingerprint density at radius 2 is 1.79 bits per heavy atom. The molecule has 120 valence electrons. The number of benzene rings is 3. The number of aromatic hydroxyl groups is 1. The van der Waals surface area contributed by atoms with Gasteiger partial charge >= 0.3 is 0 Å². The standard InChI is InChI=1S/C21H17ClO2/c22-12-11-19-14-18(8-10-21(19)24)20(23)9-6-15-5-7-16-3-1-2-4-17(16)13-15/h1-10,13-14,24H,11-12H2. The fraction of sp³-hybridized carbons (Fsp3) is 0.0952. The molecule has 0 aliphatic carbocycles. The van der Waals surface area contributed by atoms with E-state index in [4.69, 9.17) is 11.6 Å². The molecule has 3 heteroatoms. The second kappa shape index (κ2) is 7.33. The van der Waals surface area contributed by atoms with Gasteiger partial charge in [-0.15, -0.1) is 11.6 Å². The summed E-state index contributed by atoms with van der Waals surface area (Å²) in [6, 6.07) is 19.1. The minimum atomic E-state index is -0.0982. The van der Waals surface area contributed by atoms with Gasteiger partial charge in [-0.25, -0.2) is 0 Å². The Balaban J connectivity index is 1.82. The molecule has 0 heterocycles. The number of hydrogen-bond acceptors (Lipinski definition) is 2. The minimum absolute atomic E-state index is 0.0982. The number of aryl methyl sites for hydroxylation is 1. The first kappa shape index (κ1) is 16.3. The Morgan fingerprint density at radius 3 is 2.58 bits per heavy atom. The van der Waals surface area contributed by atoms with Gasteiger partial charge in [-0.1, -0.05) is 42.5 Å². The van der Waals surface area contributed by atoms with Crippen molar-refractivity contribution in [3.05, 3.63) is 83.4 Å². The van der Waals surface area contributed by atoms with E-state index >= 15 is 0 Å².